The second-order valence-corrected chi connectivity index (χ2v) is 5.94. The Kier molecular flexibility index (Phi) is 4.75. The summed E-state index contributed by atoms with van der Waals surface area (Å²) in [6.07, 6.45) is 2.19. The van der Waals surface area contributed by atoms with Gasteiger partial charge in [-0.05, 0) is 43.5 Å². The Labute approximate surface area is 124 Å². The molecule has 1 aliphatic rings. The van der Waals surface area contributed by atoms with Crippen LogP contribution in [-0.4, -0.2) is 25.0 Å². The Bertz CT molecular complexity index is 555. The van der Waals surface area contributed by atoms with Crippen LogP contribution in [0.5, 0.6) is 5.75 Å². The molecule has 0 fully saturated rings. The molecule has 0 saturated heterocycles. The average molecular weight is 292 g/mol. The van der Waals surface area contributed by atoms with Crippen LogP contribution in [0.3, 0.4) is 0 Å². The van der Waals surface area contributed by atoms with Gasteiger partial charge in [0.2, 0.25) is 0 Å². The number of rotatable bonds is 5. The molecule has 5 heteroatoms. The van der Waals surface area contributed by atoms with Crippen LogP contribution in [0.2, 0.25) is 0 Å². The highest BCUT2D eigenvalue weighted by Crippen LogP contribution is 2.31. The molecule has 1 aromatic carbocycles. The molecule has 1 aromatic rings. The monoisotopic (exact) mass is 292 g/mol. The predicted molar refractivity (Wildman–Crippen MR) is 79.9 cm³/mol. The van der Waals surface area contributed by atoms with Gasteiger partial charge in [0.15, 0.2) is 0 Å². The van der Waals surface area contributed by atoms with E-state index in [0.717, 1.165) is 23.8 Å². The standard InChI is InChI=1S/C16H21FN2O2/c1-16(2)6-12-5-13(21-10-11(7-17)8-18)3-4-14(12)15(9-20)19-16/h3-5,7,9,15,19H,6,8,10,18H2,1-2H3. The summed E-state index contributed by atoms with van der Waals surface area (Å²) in [4.78, 5) is 11.2. The molecule has 1 aliphatic heterocycles. The Morgan fingerprint density at radius 2 is 2.33 bits per heavy atom. The minimum atomic E-state index is -0.303. The Balaban J connectivity index is 2.20. The molecule has 1 atom stereocenters. The Morgan fingerprint density at radius 1 is 1.57 bits per heavy atom. The van der Waals surface area contributed by atoms with E-state index in [1.165, 1.54) is 0 Å². The number of benzene rings is 1. The van der Waals surface area contributed by atoms with Crippen molar-refractivity contribution in [2.75, 3.05) is 13.2 Å². The van der Waals surface area contributed by atoms with Gasteiger partial charge in [0.1, 0.15) is 18.6 Å². The highest BCUT2D eigenvalue weighted by atomic mass is 19.1. The fourth-order valence-corrected chi connectivity index (χ4v) is 2.57. The quantitative estimate of drug-likeness (QED) is 0.815. The number of fused-ring (bicyclic) bond motifs is 1. The van der Waals surface area contributed by atoms with E-state index in [2.05, 4.69) is 19.2 Å². The number of ether oxygens (including phenoxy) is 1. The number of halogens is 1. The largest absolute Gasteiger partial charge is 0.489 e. The molecule has 1 unspecified atom stereocenters. The first-order valence-electron chi connectivity index (χ1n) is 6.96. The van der Waals surface area contributed by atoms with E-state index >= 15 is 0 Å². The van der Waals surface area contributed by atoms with Crippen molar-refractivity contribution in [3.63, 3.8) is 0 Å². The highest BCUT2D eigenvalue weighted by molar-refractivity contribution is 5.64. The first-order valence-corrected chi connectivity index (χ1v) is 6.96. The number of aldehydes is 1. The van der Waals surface area contributed by atoms with Crippen LogP contribution < -0.4 is 15.8 Å². The van der Waals surface area contributed by atoms with E-state index in [1.807, 2.05) is 12.1 Å². The van der Waals surface area contributed by atoms with E-state index < -0.39 is 0 Å². The molecular formula is C16H21FN2O2. The lowest BCUT2D eigenvalue weighted by Crippen LogP contribution is -2.47. The normalized spacial score (nSPS) is 20.8. The zero-order valence-electron chi connectivity index (χ0n) is 12.4. The van der Waals surface area contributed by atoms with Crippen LogP contribution >= 0.6 is 0 Å². The number of nitrogens with two attached hydrogens (primary N) is 1. The topological polar surface area (TPSA) is 64.3 Å². The van der Waals surface area contributed by atoms with Crippen molar-refractivity contribution >= 4 is 6.29 Å². The van der Waals surface area contributed by atoms with Crippen molar-refractivity contribution in [3.05, 3.63) is 41.2 Å². The van der Waals surface area contributed by atoms with Gasteiger partial charge >= 0.3 is 0 Å². The van der Waals surface area contributed by atoms with Crippen LogP contribution in [0, 0.1) is 0 Å². The minimum Gasteiger partial charge on any atom is -0.489 e. The van der Waals surface area contributed by atoms with Crippen LogP contribution in [0.15, 0.2) is 30.1 Å². The van der Waals surface area contributed by atoms with E-state index in [1.54, 1.807) is 6.07 Å². The maximum Gasteiger partial charge on any atom is 0.141 e. The summed E-state index contributed by atoms with van der Waals surface area (Å²) in [6, 6.07) is 5.29. The summed E-state index contributed by atoms with van der Waals surface area (Å²) >= 11 is 0. The summed E-state index contributed by atoms with van der Waals surface area (Å²) in [7, 11) is 0. The van der Waals surface area contributed by atoms with Crippen LogP contribution in [0.4, 0.5) is 4.39 Å². The molecule has 3 N–H and O–H groups in total. The molecule has 0 amide bonds. The van der Waals surface area contributed by atoms with Gasteiger partial charge in [-0.25, -0.2) is 4.39 Å². The lowest BCUT2D eigenvalue weighted by molar-refractivity contribution is -0.110. The third-order valence-electron chi connectivity index (χ3n) is 3.60. The molecule has 2 rings (SSSR count). The Hall–Kier alpha value is -1.72. The number of hydrogen-bond donors (Lipinski definition) is 2. The van der Waals surface area contributed by atoms with E-state index in [0.29, 0.717) is 17.7 Å². The fraction of sp³-hybridized carbons (Fsp3) is 0.438. The Morgan fingerprint density at radius 3 is 2.95 bits per heavy atom. The number of hydrogen-bond acceptors (Lipinski definition) is 4. The number of nitrogens with one attached hydrogen (secondary N) is 1. The van der Waals surface area contributed by atoms with E-state index in [-0.39, 0.29) is 24.7 Å². The lowest BCUT2D eigenvalue weighted by Gasteiger charge is -2.36. The van der Waals surface area contributed by atoms with Crippen molar-refractivity contribution in [1.29, 1.82) is 0 Å². The molecule has 0 saturated carbocycles. The molecule has 0 aliphatic carbocycles. The van der Waals surface area contributed by atoms with Gasteiger partial charge in [0, 0.05) is 17.7 Å². The van der Waals surface area contributed by atoms with Gasteiger partial charge in [0.05, 0.1) is 12.4 Å². The maximum atomic E-state index is 12.5. The van der Waals surface area contributed by atoms with Crippen LogP contribution in [0.25, 0.3) is 0 Å². The third kappa shape index (κ3) is 3.68. The third-order valence-corrected chi connectivity index (χ3v) is 3.60. The summed E-state index contributed by atoms with van der Waals surface area (Å²) in [6.45, 7) is 4.37. The van der Waals surface area contributed by atoms with Gasteiger partial charge in [-0.2, -0.15) is 0 Å². The van der Waals surface area contributed by atoms with Crippen LogP contribution in [-0.2, 0) is 11.2 Å². The summed E-state index contributed by atoms with van der Waals surface area (Å²) in [5, 5.41) is 3.30. The van der Waals surface area contributed by atoms with Gasteiger partial charge in [-0.3, -0.25) is 5.32 Å². The molecule has 4 nitrogen and oxygen atoms in total. The van der Waals surface area contributed by atoms with Gasteiger partial charge in [-0.1, -0.05) is 6.07 Å². The van der Waals surface area contributed by atoms with Crippen molar-refractivity contribution in [1.82, 2.24) is 5.32 Å². The molecule has 1 heterocycles. The maximum absolute atomic E-state index is 12.5. The summed E-state index contributed by atoms with van der Waals surface area (Å²) in [5.41, 5.74) is 7.69. The number of carbonyl (C=O) groups is 1. The SMILES string of the molecule is CC1(C)Cc2cc(OCC(=CF)CN)ccc2C(C=O)N1. The van der Waals surface area contributed by atoms with Crippen molar-refractivity contribution in [2.24, 2.45) is 5.73 Å². The molecule has 21 heavy (non-hydrogen) atoms. The second-order valence-electron chi connectivity index (χ2n) is 5.94. The minimum absolute atomic E-state index is 0.130. The molecule has 114 valence electrons. The highest BCUT2D eigenvalue weighted by Gasteiger charge is 2.31. The second kappa shape index (κ2) is 6.37. The van der Waals surface area contributed by atoms with Crippen molar-refractivity contribution in [2.45, 2.75) is 31.8 Å². The van der Waals surface area contributed by atoms with Gasteiger partial charge < -0.3 is 15.3 Å². The van der Waals surface area contributed by atoms with Crippen LogP contribution in [0.1, 0.15) is 31.0 Å². The first kappa shape index (κ1) is 15.7. The molecule has 0 radical (unpaired) electrons. The smallest absolute Gasteiger partial charge is 0.141 e. The molecule has 0 aromatic heterocycles. The lowest BCUT2D eigenvalue weighted by atomic mass is 9.84. The van der Waals surface area contributed by atoms with E-state index in [4.69, 9.17) is 10.5 Å². The summed E-state index contributed by atoms with van der Waals surface area (Å²) < 4.78 is 18.0. The number of carbonyl (C=O) groups excluding carboxylic acids is 1. The fourth-order valence-electron chi connectivity index (χ4n) is 2.57. The zero-order chi connectivity index (χ0) is 15.5. The molecule has 0 bridgehead atoms. The van der Waals surface area contributed by atoms with E-state index in [9.17, 15) is 9.18 Å². The summed E-state index contributed by atoms with van der Waals surface area (Å²) in [5.74, 6) is 0.656. The average Bonchev–Trinajstić information content (AvgIpc) is 2.46. The zero-order valence-corrected chi connectivity index (χ0v) is 12.4. The molecular weight excluding hydrogens is 271 g/mol. The molecule has 0 spiro atoms. The van der Waals surface area contributed by atoms with Gasteiger partial charge in [0.25, 0.3) is 0 Å². The predicted octanol–water partition coefficient (Wildman–Crippen LogP) is 2.04. The van der Waals surface area contributed by atoms with Crippen molar-refractivity contribution < 1.29 is 13.9 Å². The van der Waals surface area contributed by atoms with Crippen molar-refractivity contribution in [3.8, 4) is 5.75 Å². The first-order chi connectivity index (χ1) is 9.99. The van der Waals surface area contributed by atoms with Gasteiger partial charge in [-0.15, -0.1) is 0 Å².